The predicted octanol–water partition coefficient (Wildman–Crippen LogP) is -4.25. The Morgan fingerprint density at radius 1 is 1.33 bits per heavy atom. The number of hydrogen-bond acceptors (Lipinski definition) is 1. The van der Waals surface area contributed by atoms with Crippen LogP contribution in [0.1, 0.15) is 0 Å². The molecule has 2 N–H and O–H groups in total. The molecule has 0 spiro atoms. The molecular weight excluding hydrogens is 131 g/mol. The Bertz CT molecular complexity index is 31.8. The molecule has 0 unspecified atom stereocenters. The van der Waals surface area contributed by atoms with E-state index in [-0.39, 0.29) is 28.3 Å². The van der Waals surface area contributed by atoms with Crippen LogP contribution in [-0.2, 0) is 4.46 Å². The minimum Gasteiger partial charge on any atom is -0.511 e. The summed E-state index contributed by atoms with van der Waals surface area (Å²) in [7, 11) is -3.13. The molecule has 0 bridgehead atoms. The van der Waals surface area contributed by atoms with Gasteiger partial charge in [0.25, 0.3) is 0 Å². The van der Waals surface area contributed by atoms with Crippen LogP contribution in [-0.4, -0.2) is 47.1 Å². The highest BCUT2D eigenvalue weighted by Gasteiger charge is 1.85. The minimum atomic E-state index is -3.13. The van der Waals surface area contributed by atoms with Crippen molar-refractivity contribution in [3.8, 4) is 0 Å². The minimum absolute atomic E-state index is 0. The third kappa shape index (κ3) is 369. The molecule has 38 valence electrons. The summed E-state index contributed by atoms with van der Waals surface area (Å²) in [6, 6.07) is 0. The van der Waals surface area contributed by atoms with E-state index >= 15 is 0 Å². The highest BCUT2D eigenvalue weighted by Crippen LogP contribution is 1.27. The topological polar surface area (TPSA) is 57.5 Å². The smallest absolute Gasteiger partial charge is 0.511 e. The van der Waals surface area contributed by atoms with Crippen LogP contribution < -0.4 is 0 Å². The molecule has 0 rings (SSSR count). The van der Waals surface area contributed by atoms with E-state index in [1.807, 2.05) is 0 Å². The average Bonchev–Trinajstić information content (AvgIpc) is 0.811. The van der Waals surface area contributed by atoms with Crippen molar-refractivity contribution in [2.45, 2.75) is 0 Å². The van der Waals surface area contributed by atoms with Gasteiger partial charge in [-0.2, -0.15) is 0 Å². The molecular formula is H9AlO3Si2. The van der Waals surface area contributed by atoms with Crippen LogP contribution in [0.15, 0.2) is 0 Å². The van der Waals surface area contributed by atoms with Crippen molar-refractivity contribution in [3.05, 3.63) is 0 Å². The van der Waals surface area contributed by atoms with Crippen LogP contribution in [0.25, 0.3) is 0 Å². The van der Waals surface area contributed by atoms with Crippen molar-refractivity contribution in [2.75, 3.05) is 0 Å². The van der Waals surface area contributed by atoms with Gasteiger partial charge in [-0.15, -0.1) is 0 Å². The zero-order chi connectivity index (χ0) is 3.58. The van der Waals surface area contributed by atoms with Gasteiger partial charge in [-0.1, -0.05) is 0 Å². The number of rotatable bonds is 0. The first kappa shape index (κ1) is 16.2. The second kappa shape index (κ2) is 9.03. The van der Waals surface area contributed by atoms with E-state index in [4.69, 9.17) is 14.1 Å². The van der Waals surface area contributed by atoms with Crippen molar-refractivity contribution >= 4 is 37.5 Å². The van der Waals surface area contributed by atoms with Crippen LogP contribution in [0.3, 0.4) is 0 Å². The van der Waals surface area contributed by atoms with E-state index in [1.165, 1.54) is 0 Å². The van der Waals surface area contributed by atoms with Crippen LogP contribution in [0.4, 0.5) is 0 Å². The molecule has 0 aromatic heterocycles. The molecule has 0 saturated carbocycles. The average molecular weight is 140 g/mol. The Morgan fingerprint density at radius 3 is 1.33 bits per heavy atom. The van der Waals surface area contributed by atoms with Gasteiger partial charge in [0.15, 0.2) is 17.4 Å². The van der Waals surface area contributed by atoms with Gasteiger partial charge in [0.1, 0.15) is 0 Å². The van der Waals surface area contributed by atoms with E-state index in [2.05, 4.69) is 0 Å². The van der Waals surface area contributed by atoms with Gasteiger partial charge >= 0.3 is 9.17 Å². The molecule has 0 aromatic carbocycles. The second-order valence-electron chi connectivity index (χ2n) is 0.283. The van der Waals surface area contributed by atoms with E-state index in [0.717, 1.165) is 0 Å². The third-order valence-corrected chi connectivity index (χ3v) is 0. The second-order valence-corrected chi connectivity index (χ2v) is 0.848. The van der Waals surface area contributed by atoms with Gasteiger partial charge in [-0.05, 0) is 11.0 Å². The Labute approximate surface area is 52.1 Å². The largest absolute Gasteiger partial charge is 0.761 e. The Balaban J connectivity index is -0.0000000450. The van der Waals surface area contributed by atoms with E-state index in [9.17, 15) is 0 Å². The zero-order valence-corrected chi connectivity index (χ0v) is 2.80. The number of hydrogen-bond donors (Lipinski definition) is 2. The molecule has 0 aliphatic carbocycles. The molecule has 6 heteroatoms. The summed E-state index contributed by atoms with van der Waals surface area (Å²) in [4.78, 5) is 14.3. The van der Waals surface area contributed by atoms with E-state index < -0.39 is 9.17 Å². The van der Waals surface area contributed by atoms with Gasteiger partial charge in [0, 0.05) is 0 Å². The maximum Gasteiger partial charge on any atom is 0.761 e. The quantitative estimate of drug-likeness (QED) is 0.335. The molecule has 0 aliphatic rings. The fraction of sp³-hybridized carbons (Fsp3) is 0. The van der Waals surface area contributed by atoms with Crippen molar-refractivity contribution in [1.29, 1.82) is 0 Å². The summed E-state index contributed by atoms with van der Waals surface area (Å²) in [5.74, 6) is 0. The summed E-state index contributed by atoms with van der Waals surface area (Å²) in [5, 5.41) is 0. The SMILES string of the molecule is O=[Si](O)O.[AlH3].[SiH4]. The maximum atomic E-state index is 8.74. The Kier molecular flexibility index (Phi) is 24.3. The first-order valence-electron chi connectivity index (χ1n) is 0.651. The maximum absolute atomic E-state index is 8.74. The zero-order valence-electron chi connectivity index (χ0n) is 1.80. The van der Waals surface area contributed by atoms with Crippen molar-refractivity contribution in [1.82, 2.24) is 0 Å². The van der Waals surface area contributed by atoms with Gasteiger partial charge in [0.2, 0.25) is 0 Å². The van der Waals surface area contributed by atoms with Crippen LogP contribution in [0.5, 0.6) is 0 Å². The van der Waals surface area contributed by atoms with Crippen molar-refractivity contribution < 1.29 is 14.1 Å². The lowest BCUT2D eigenvalue weighted by molar-refractivity contribution is 0.330. The molecule has 0 aromatic rings. The lowest BCUT2D eigenvalue weighted by Crippen LogP contribution is -1.90. The summed E-state index contributed by atoms with van der Waals surface area (Å²) in [6.07, 6.45) is 0. The Morgan fingerprint density at radius 2 is 1.33 bits per heavy atom. The molecule has 6 heavy (non-hydrogen) atoms. The summed E-state index contributed by atoms with van der Waals surface area (Å²) < 4.78 is 8.74. The highest BCUT2D eigenvalue weighted by atomic mass is 28.3. The predicted molar refractivity (Wildman–Crippen MR) is 32.2 cm³/mol. The standard InChI is InChI=1S/Al.H2O3Si.H4Si.3H/c;1-4(2)3;;;;/h;1-2H;1H4;;;. The lowest BCUT2D eigenvalue weighted by Gasteiger charge is -1.55. The normalized spacial score (nSPS) is 4.00. The molecule has 0 aliphatic heterocycles. The fourth-order valence-corrected chi connectivity index (χ4v) is 0. The first-order valence-corrected chi connectivity index (χ1v) is 1.95. The van der Waals surface area contributed by atoms with Gasteiger partial charge in [-0.25, -0.2) is 0 Å². The van der Waals surface area contributed by atoms with Crippen molar-refractivity contribution in [3.63, 3.8) is 0 Å². The van der Waals surface area contributed by atoms with Crippen molar-refractivity contribution in [2.24, 2.45) is 0 Å². The molecule has 0 saturated heterocycles. The van der Waals surface area contributed by atoms with E-state index in [1.54, 1.807) is 0 Å². The summed E-state index contributed by atoms with van der Waals surface area (Å²) >= 11 is 0. The molecule has 0 radical (unpaired) electrons. The van der Waals surface area contributed by atoms with Gasteiger partial charge < -0.3 is 9.59 Å². The highest BCUT2D eigenvalue weighted by molar-refractivity contribution is 6.22. The molecule has 0 amide bonds. The van der Waals surface area contributed by atoms with E-state index in [0.29, 0.717) is 0 Å². The summed E-state index contributed by atoms with van der Waals surface area (Å²) in [6.45, 7) is 0. The monoisotopic (exact) mass is 140 g/mol. The fourth-order valence-electron chi connectivity index (χ4n) is 0. The lowest BCUT2D eigenvalue weighted by atomic mass is 15.8. The molecule has 3 nitrogen and oxygen atoms in total. The third-order valence-electron chi connectivity index (χ3n) is 0. The molecule has 0 atom stereocenters. The molecule has 0 heterocycles. The van der Waals surface area contributed by atoms with Gasteiger partial charge in [0.05, 0.1) is 0 Å². The van der Waals surface area contributed by atoms with Crippen LogP contribution >= 0.6 is 0 Å². The summed E-state index contributed by atoms with van der Waals surface area (Å²) in [5.41, 5.74) is 0. The van der Waals surface area contributed by atoms with Crippen LogP contribution in [0, 0.1) is 0 Å². The first-order chi connectivity index (χ1) is 1.73. The van der Waals surface area contributed by atoms with Gasteiger partial charge in [-0.3, -0.25) is 4.46 Å². The van der Waals surface area contributed by atoms with Crippen LogP contribution in [0.2, 0.25) is 0 Å². The molecule has 0 fully saturated rings. The Hall–Kier alpha value is 0.366.